The molecule has 0 saturated heterocycles. The van der Waals surface area contributed by atoms with Gasteiger partial charge in [-0.1, -0.05) is 19.8 Å². The van der Waals surface area contributed by atoms with Crippen LogP contribution in [0.25, 0.3) is 0 Å². The van der Waals surface area contributed by atoms with Crippen molar-refractivity contribution < 1.29 is 14.7 Å². The molecule has 0 amide bonds. The monoisotopic (exact) mass is 200 g/mol. The third-order valence-corrected chi connectivity index (χ3v) is 1.91. The average molecular weight is 200 g/mol. The topological polar surface area (TPSA) is 102 Å². The van der Waals surface area contributed by atoms with Gasteiger partial charge in [-0.2, -0.15) is 0 Å². The van der Waals surface area contributed by atoms with Gasteiger partial charge in [0.25, 0.3) is 0 Å². The maximum atomic E-state index is 9.08. The minimum Gasteiger partial charge on any atom is -0.393 e. The van der Waals surface area contributed by atoms with E-state index in [1.165, 1.54) is 12.8 Å². The molecule has 0 aromatic rings. The molecule has 1 saturated carbocycles. The Bertz CT molecular complexity index is 174. The Hall–Kier alpha value is -1.28. The van der Waals surface area contributed by atoms with Crippen LogP contribution in [0, 0.1) is 16.7 Å². The quantitative estimate of drug-likeness (QED) is 0.406. The van der Waals surface area contributed by atoms with Crippen molar-refractivity contribution in [1.29, 1.82) is 10.8 Å². The lowest BCUT2D eigenvalue weighted by Crippen LogP contribution is -2.16. The van der Waals surface area contributed by atoms with Crippen molar-refractivity contribution in [3.8, 4) is 0 Å². The van der Waals surface area contributed by atoms with E-state index < -0.39 is 0 Å². The fraction of sp³-hybridized carbons (Fsp3) is 0.778. The van der Waals surface area contributed by atoms with E-state index in [4.69, 9.17) is 25.5 Å². The van der Waals surface area contributed by atoms with Crippen LogP contribution >= 0.6 is 0 Å². The predicted molar refractivity (Wildman–Crippen MR) is 50.5 cm³/mol. The van der Waals surface area contributed by atoms with Crippen LogP contribution < -0.4 is 0 Å². The normalized spacial score (nSPS) is 23.9. The average Bonchev–Trinajstić information content (AvgIpc) is 2.06. The number of rotatable bonds is 0. The van der Waals surface area contributed by atoms with E-state index in [1.54, 1.807) is 0 Å². The molecule has 0 aliphatic heterocycles. The van der Waals surface area contributed by atoms with Crippen LogP contribution in [0.2, 0.25) is 0 Å². The molecule has 1 fully saturated rings. The highest BCUT2D eigenvalue weighted by Crippen LogP contribution is 2.22. The molecular weight excluding hydrogens is 184 g/mol. The molecule has 1 aliphatic carbocycles. The molecule has 0 spiro atoms. The van der Waals surface area contributed by atoms with Crippen LogP contribution in [-0.2, 0) is 9.59 Å². The maximum absolute atomic E-state index is 9.08. The summed E-state index contributed by atoms with van der Waals surface area (Å²) in [5, 5.41) is 19.9. The maximum Gasteiger partial charge on any atom is 0.231 e. The zero-order valence-corrected chi connectivity index (χ0v) is 8.25. The summed E-state index contributed by atoms with van der Waals surface area (Å²) in [4.78, 5) is 16.7. The first-order valence-electron chi connectivity index (χ1n) is 4.38. The van der Waals surface area contributed by atoms with Gasteiger partial charge in [0.1, 0.15) is 0 Å². The zero-order valence-electron chi connectivity index (χ0n) is 8.25. The van der Waals surface area contributed by atoms with Crippen molar-refractivity contribution in [3.05, 3.63) is 0 Å². The van der Waals surface area contributed by atoms with Gasteiger partial charge in [-0.25, -0.2) is 20.4 Å². The summed E-state index contributed by atoms with van der Waals surface area (Å²) in [7, 11) is 0. The second kappa shape index (κ2) is 11.7. The van der Waals surface area contributed by atoms with Gasteiger partial charge < -0.3 is 5.11 Å². The molecule has 5 nitrogen and oxygen atoms in total. The van der Waals surface area contributed by atoms with Gasteiger partial charge >= 0.3 is 0 Å². The predicted octanol–water partition coefficient (Wildman–Crippen LogP) is 1.36. The van der Waals surface area contributed by atoms with Gasteiger partial charge in [0.15, 0.2) is 0 Å². The largest absolute Gasteiger partial charge is 0.393 e. The van der Waals surface area contributed by atoms with Crippen molar-refractivity contribution >= 4 is 12.2 Å². The number of hydrogen-bond acceptors (Lipinski definition) is 5. The first-order chi connectivity index (χ1) is 6.62. The van der Waals surface area contributed by atoms with E-state index in [0.717, 1.165) is 30.9 Å². The van der Waals surface area contributed by atoms with Crippen molar-refractivity contribution in [2.45, 2.75) is 38.7 Å². The van der Waals surface area contributed by atoms with E-state index in [-0.39, 0.29) is 6.10 Å². The highest BCUT2D eigenvalue weighted by atomic mass is 16.3. The molecule has 0 bridgehead atoms. The van der Waals surface area contributed by atoms with Crippen molar-refractivity contribution in [2.75, 3.05) is 0 Å². The zero-order chi connectivity index (χ0) is 11.4. The van der Waals surface area contributed by atoms with Crippen LogP contribution in [0.5, 0.6) is 0 Å². The Morgan fingerprint density at radius 2 is 1.64 bits per heavy atom. The lowest BCUT2D eigenvalue weighted by Gasteiger charge is -2.21. The standard InChI is InChI=1S/C7H14O.2CHNO/c1-6-3-2-4-7(8)5-6;2*2-1-3/h6-8H,2-5H2,1H3;2*2H. The molecule has 80 valence electrons. The third kappa shape index (κ3) is 13.3. The van der Waals surface area contributed by atoms with E-state index in [2.05, 4.69) is 6.92 Å². The molecular formula is C9H16N2O3. The van der Waals surface area contributed by atoms with Gasteiger partial charge in [-0.15, -0.1) is 0 Å². The molecule has 3 N–H and O–H groups in total. The van der Waals surface area contributed by atoms with Crippen LogP contribution in [-0.4, -0.2) is 23.4 Å². The Morgan fingerprint density at radius 1 is 1.21 bits per heavy atom. The van der Waals surface area contributed by atoms with E-state index in [0.29, 0.717) is 0 Å². The minimum atomic E-state index is 0.0127. The molecule has 0 heterocycles. The highest BCUT2D eigenvalue weighted by Gasteiger charge is 2.15. The lowest BCUT2D eigenvalue weighted by molar-refractivity contribution is 0.106. The van der Waals surface area contributed by atoms with Gasteiger partial charge in [-0.3, -0.25) is 0 Å². The Labute approximate surface area is 83.2 Å². The Morgan fingerprint density at radius 3 is 1.86 bits per heavy atom. The summed E-state index contributed by atoms with van der Waals surface area (Å²) >= 11 is 0. The molecule has 1 aliphatic rings. The van der Waals surface area contributed by atoms with E-state index >= 15 is 0 Å². The summed E-state index contributed by atoms with van der Waals surface area (Å²) in [6.07, 6.45) is 6.11. The highest BCUT2D eigenvalue weighted by molar-refractivity contribution is 5.26. The molecule has 0 radical (unpaired) electrons. The first kappa shape index (κ1) is 15.2. The molecule has 2 unspecified atom stereocenters. The summed E-state index contributed by atoms with van der Waals surface area (Å²) < 4.78 is 0. The van der Waals surface area contributed by atoms with Crippen molar-refractivity contribution in [3.63, 3.8) is 0 Å². The first-order valence-corrected chi connectivity index (χ1v) is 4.38. The van der Waals surface area contributed by atoms with Crippen LogP contribution in [0.15, 0.2) is 0 Å². The third-order valence-electron chi connectivity index (χ3n) is 1.91. The number of isocyanates is 2. The number of aliphatic hydroxyl groups excluding tert-OH is 1. The van der Waals surface area contributed by atoms with Gasteiger partial charge in [0.2, 0.25) is 12.2 Å². The number of nitrogens with one attached hydrogen (secondary N) is 2. The fourth-order valence-electron chi connectivity index (χ4n) is 1.40. The van der Waals surface area contributed by atoms with Crippen LogP contribution in [0.4, 0.5) is 0 Å². The van der Waals surface area contributed by atoms with E-state index in [1.807, 2.05) is 0 Å². The molecule has 1 rings (SSSR count). The van der Waals surface area contributed by atoms with Crippen molar-refractivity contribution in [1.82, 2.24) is 0 Å². The summed E-state index contributed by atoms with van der Waals surface area (Å²) in [5.41, 5.74) is 0. The molecule has 2 atom stereocenters. The van der Waals surface area contributed by atoms with E-state index in [9.17, 15) is 0 Å². The van der Waals surface area contributed by atoms with Gasteiger partial charge in [0.05, 0.1) is 6.10 Å². The van der Waals surface area contributed by atoms with Crippen LogP contribution in [0.1, 0.15) is 32.6 Å². The smallest absolute Gasteiger partial charge is 0.231 e. The molecule has 0 aromatic heterocycles. The molecule has 14 heavy (non-hydrogen) atoms. The molecule has 0 aromatic carbocycles. The Kier molecular flexibility index (Phi) is 12.7. The summed E-state index contributed by atoms with van der Waals surface area (Å²) in [5.74, 6) is 0.763. The van der Waals surface area contributed by atoms with Gasteiger partial charge in [0, 0.05) is 0 Å². The summed E-state index contributed by atoms with van der Waals surface area (Å²) in [6, 6.07) is 0. The summed E-state index contributed by atoms with van der Waals surface area (Å²) in [6.45, 7) is 2.21. The Balaban J connectivity index is 0. The second-order valence-corrected chi connectivity index (χ2v) is 3.13. The van der Waals surface area contributed by atoms with Crippen LogP contribution in [0.3, 0.4) is 0 Å². The SMILES string of the molecule is CC1CCCC(O)C1.N=C=O.N=C=O. The lowest BCUT2D eigenvalue weighted by atomic mass is 9.89. The van der Waals surface area contributed by atoms with Crippen molar-refractivity contribution in [2.24, 2.45) is 5.92 Å². The molecule has 5 heteroatoms. The number of hydrogen-bond donors (Lipinski definition) is 3. The minimum absolute atomic E-state index is 0.0127. The number of aliphatic hydroxyl groups is 1. The number of carbonyl (C=O) groups excluding carboxylic acids is 2. The fourth-order valence-corrected chi connectivity index (χ4v) is 1.40. The van der Waals surface area contributed by atoms with Gasteiger partial charge in [-0.05, 0) is 18.8 Å². The second-order valence-electron chi connectivity index (χ2n) is 3.13.